The van der Waals surface area contributed by atoms with Crippen molar-refractivity contribution in [1.29, 1.82) is 0 Å². The minimum absolute atomic E-state index is 0.329. The van der Waals surface area contributed by atoms with E-state index in [4.69, 9.17) is 4.74 Å². The second-order valence-electron chi connectivity index (χ2n) is 6.27. The van der Waals surface area contributed by atoms with Crippen molar-refractivity contribution in [3.05, 3.63) is 29.3 Å². The van der Waals surface area contributed by atoms with E-state index in [1.54, 1.807) is 5.19 Å². The Labute approximate surface area is 138 Å². The fourth-order valence-corrected chi connectivity index (χ4v) is 6.43. The summed E-state index contributed by atoms with van der Waals surface area (Å²) in [7, 11) is -0.329. The molecule has 0 unspecified atom stereocenters. The van der Waals surface area contributed by atoms with Crippen LogP contribution in [-0.2, 0) is 6.42 Å². The van der Waals surface area contributed by atoms with Crippen molar-refractivity contribution in [2.45, 2.75) is 71.4 Å². The van der Waals surface area contributed by atoms with Gasteiger partial charge in [-0.05, 0) is 31.4 Å². The van der Waals surface area contributed by atoms with Gasteiger partial charge in [-0.25, -0.2) is 0 Å². The molecular formula is C20H31OSi. The van der Waals surface area contributed by atoms with E-state index in [2.05, 4.69) is 45.1 Å². The van der Waals surface area contributed by atoms with Crippen LogP contribution in [-0.4, -0.2) is 15.4 Å². The van der Waals surface area contributed by atoms with Crippen LogP contribution in [0.25, 0.3) is 6.08 Å². The van der Waals surface area contributed by atoms with Crippen molar-refractivity contribution in [2.75, 3.05) is 6.61 Å². The Hall–Kier alpha value is -1.02. The quantitative estimate of drug-likeness (QED) is 0.464. The normalized spacial score (nSPS) is 15.8. The molecule has 1 aromatic carbocycles. The Bertz CT molecular complexity index is 487. The first-order chi connectivity index (χ1) is 10.8. The van der Waals surface area contributed by atoms with E-state index < -0.39 is 0 Å². The van der Waals surface area contributed by atoms with E-state index in [0.29, 0.717) is 0 Å². The molecule has 0 aromatic heterocycles. The van der Waals surface area contributed by atoms with Gasteiger partial charge in [-0.1, -0.05) is 75.0 Å². The second kappa shape index (κ2) is 9.19. The highest BCUT2D eigenvalue weighted by Gasteiger charge is 2.23. The van der Waals surface area contributed by atoms with Gasteiger partial charge in [0.1, 0.15) is 5.75 Å². The maximum Gasteiger partial charge on any atom is 0.123 e. The van der Waals surface area contributed by atoms with E-state index in [9.17, 15) is 0 Å². The van der Waals surface area contributed by atoms with E-state index in [0.717, 1.165) is 25.2 Å². The first-order valence-corrected chi connectivity index (χ1v) is 11.0. The molecule has 0 bridgehead atoms. The number of unbranched alkanes of at least 4 members (excludes halogenated alkanes) is 1. The van der Waals surface area contributed by atoms with Gasteiger partial charge >= 0.3 is 0 Å². The van der Waals surface area contributed by atoms with Crippen LogP contribution in [0.5, 0.6) is 5.75 Å². The molecule has 121 valence electrons. The Morgan fingerprint density at radius 2 is 1.91 bits per heavy atom. The summed E-state index contributed by atoms with van der Waals surface area (Å²) in [6.45, 7) is 7.47. The molecule has 0 spiro atoms. The molecule has 1 nitrogen and oxygen atoms in total. The van der Waals surface area contributed by atoms with Crippen molar-refractivity contribution in [1.82, 2.24) is 0 Å². The molecule has 2 heteroatoms. The SMILES string of the molecule is C/C=C\c1c([Si]2CCCC2)ccc(OCCCC)c1CCC. The molecule has 0 saturated carbocycles. The predicted octanol–water partition coefficient (Wildman–Crippen LogP) is 5.35. The lowest BCUT2D eigenvalue weighted by molar-refractivity contribution is 0.306. The van der Waals surface area contributed by atoms with Crippen molar-refractivity contribution in [2.24, 2.45) is 0 Å². The summed E-state index contributed by atoms with van der Waals surface area (Å²) in [6, 6.07) is 7.56. The molecule has 1 aliphatic heterocycles. The molecule has 1 aliphatic rings. The summed E-state index contributed by atoms with van der Waals surface area (Å²) in [4.78, 5) is 0. The van der Waals surface area contributed by atoms with Crippen LogP contribution >= 0.6 is 0 Å². The van der Waals surface area contributed by atoms with E-state index in [-0.39, 0.29) is 8.80 Å². The Kier molecular flexibility index (Phi) is 7.24. The van der Waals surface area contributed by atoms with Crippen molar-refractivity contribution in [3.63, 3.8) is 0 Å². The average molecular weight is 316 g/mol. The largest absolute Gasteiger partial charge is 0.493 e. The van der Waals surface area contributed by atoms with Crippen molar-refractivity contribution in [3.8, 4) is 5.75 Å². The van der Waals surface area contributed by atoms with Gasteiger partial charge in [-0.2, -0.15) is 0 Å². The van der Waals surface area contributed by atoms with Crippen LogP contribution in [0.2, 0.25) is 12.1 Å². The lowest BCUT2D eigenvalue weighted by Crippen LogP contribution is -2.30. The van der Waals surface area contributed by atoms with E-state index in [1.165, 1.54) is 48.9 Å². The Morgan fingerprint density at radius 3 is 2.55 bits per heavy atom. The fourth-order valence-electron chi connectivity index (χ4n) is 3.35. The zero-order chi connectivity index (χ0) is 15.8. The maximum atomic E-state index is 6.11. The summed E-state index contributed by atoms with van der Waals surface area (Å²) in [5.41, 5.74) is 2.95. The number of rotatable bonds is 8. The van der Waals surface area contributed by atoms with Gasteiger partial charge in [0.25, 0.3) is 0 Å². The van der Waals surface area contributed by atoms with Crippen LogP contribution in [0.1, 0.15) is 64.0 Å². The zero-order valence-electron chi connectivity index (χ0n) is 14.6. The standard InChI is InChI=1S/C20H31OSi/c1-4-7-14-21-19-12-13-20(22-15-8-9-16-22)18(11-6-3)17(19)10-5-2/h6,11-13H,4-5,7-10,14-16H2,1-3H3/b11-6-. The third-order valence-electron chi connectivity index (χ3n) is 4.49. The molecule has 0 aliphatic carbocycles. The molecular weight excluding hydrogens is 284 g/mol. The number of ether oxygens (including phenoxy) is 1. The van der Waals surface area contributed by atoms with Gasteiger partial charge in [-0.3, -0.25) is 0 Å². The van der Waals surface area contributed by atoms with Crippen molar-refractivity contribution >= 4 is 20.1 Å². The summed E-state index contributed by atoms with van der Waals surface area (Å²) >= 11 is 0. The zero-order valence-corrected chi connectivity index (χ0v) is 15.6. The highest BCUT2D eigenvalue weighted by molar-refractivity contribution is 6.74. The smallest absolute Gasteiger partial charge is 0.123 e. The molecule has 2 rings (SSSR count). The average Bonchev–Trinajstić information content (AvgIpc) is 3.05. The molecule has 0 amide bonds. The van der Waals surface area contributed by atoms with Crippen LogP contribution in [0, 0.1) is 0 Å². The van der Waals surface area contributed by atoms with Gasteiger partial charge in [0.05, 0.1) is 15.4 Å². The lowest BCUT2D eigenvalue weighted by atomic mass is 10.0. The monoisotopic (exact) mass is 315 g/mol. The molecule has 1 fully saturated rings. The predicted molar refractivity (Wildman–Crippen MR) is 99.8 cm³/mol. The fraction of sp³-hybridized carbons (Fsp3) is 0.600. The molecule has 0 N–H and O–H groups in total. The number of hydrogen-bond donors (Lipinski definition) is 0. The minimum Gasteiger partial charge on any atom is -0.493 e. The molecule has 1 heterocycles. The third-order valence-corrected chi connectivity index (χ3v) is 7.60. The lowest BCUT2D eigenvalue weighted by Gasteiger charge is -2.20. The molecule has 1 radical (unpaired) electrons. The van der Waals surface area contributed by atoms with Crippen LogP contribution in [0.4, 0.5) is 0 Å². The summed E-state index contributed by atoms with van der Waals surface area (Å²) in [6.07, 6.45) is 12.0. The van der Waals surface area contributed by atoms with Gasteiger partial charge in [0.15, 0.2) is 0 Å². The first-order valence-electron chi connectivity index (χ1n) is 9.08. The molecule has 0 atom stereocenters. The van der Waals surface area contributed by atoms with Crippen molar-refractivity contribution < 1.29 is 4.74 Å². The van der Waals surface area contributed by atoms with Gasteiger partial charge in [0.2, 0.25) is 0 Å². The number of allylic oxidation sites excluding steroid dienone is 1. The van der Waals surface area contributed by atoms with E-state index >= 15 is 0 Å². The summed E-state index contributed by atoms with van der Waals surface area (Å²) < 4.78 is 6.11. The van der Waals surface area contributed by atoms with Crippen LogP contribution < -0.4 is 9.92 Å². The van der Waals surface area contributed by atoms with E-state index in [1.807, 2.05) is 0 Å². The topological polar surface area (TPSA) is 9.23 Å². The summed E-state index contributed by atoms with van der Waals surface area (Å²) in [5.74, 6) is 1.13. The Morgan fingerprint density at radius 1 is 1.14 bits per heavy atom. The first kappa shape index (κ1) is 17.3. The highest BCUT2D eigenvalue weighted by atomic mass is 28.3. The highest BCUT2D eigenvalue weighted by Crippen LogP contribution is 2.28. The number of hydrogen-bond acceptors (Lipinski definition) is 1. The number of benzene rings is 1. The third kappa shape index (κ3) is 4.25. The maximum absolute atomic E-state index is 6.11. The molecule has 1 aromatic rings. The second-order valence-corrected chi connectivity index (χ2v) is 9.01. The molecule has 1 saturated heterocycles. The Balaban J connectivity index is 2.36. The van der Waals surface area contributed by atoms with Crippen LogP contribution in [0.3, 0.4) is 0 Å². The van der Waals surface area contributed by atoms with Gasteiger partial charge < -0.3 is 4.74 Å². The van der Waals surface area contributed by atoms with Gasteiger partial charge in [0, 0.05) is 5.56 Å². The van der Waals surface area contributed by atoms with Gasteiger partial charge in [-0.15, -0.1) is 0 Å². The summed E-state index contributed by atoms with van der Waals surface area (Å²) in [5, 5.41) is 1.66. The molecule has 22 heavy (non-hydrogen) atoms. The van der Waals surface area contributed by atoms with Crippen LogP contribution in [0.15, 0.2) is 18.2 Å². The minimum atomic E-state index is -0.329.